The van der Waals surface area contributed by atoms with E-state index in [9.17, 15) is 9.59 Å². The van der Waals surface area contributed by atoms with E-state index in [1.807, 2.05) is 12.3 Å². The van der Waals surface area contributed by atoms with Gasteiger partial charge in [-0.3, -0.25) is 18.8 Å². The zero-order chi connectivity index (χ0) is 15.0. The second-order valence-electron chi connectivity index (χ2n) is 4.53. The fourth-order valence-corrected chi connectivity index (χ4v) is 2.61. The van der Waals surface area contributed by atoms with Crippen LogP contribution in [0.2, 0.25) is 0 Å². The molecule has 0 radical (unpaired) electrons. The summed E-state index contributed by atoms with van der Waals surface area (Å²) in [6, 6.07) is 0. The molecule has 21 heavy (non-hydrogen) atoms. The van der Waals surface area contributed by atoms with Gasteiger partial charge in [0.25, 0.3) is 5.56 Å². The molecular formula is C12H12N6O2S. The first-order valence-electron chi connectivity index (χ1n) is 6.14. The fourth-order valence-electron chi connectivity index (χ4n) is 1.90. The Kier molecular flexibility index (Phi) is 3.26. The minimum absolute atomic E-state index is 0.116. The largest absolute Gasteiger partial charge is 0.300 e. The highest BCUT2D eigenvalue weighted by atomic mass is 32.1. The number of aryl methyl sites for hydroxylation is 2. The third kappa shape index (κ3) is 2.55. The first kappa shape index (κ1) is 13.4. The van der Waals surface area contributed by atoms with Crippen LogP contribution in [0.15, 0.2) is 22.7 Å². The molecule has 0 bridgehead atoms. The molecule has 0 saturated carbocycles. The molecule has 0 fully saturated rings. The van der Waals surface area contributed by atoms with E-state index in [0.29, 0.717) is 16.2 Å². The summed E-state index contributed by atoms with van der Waals surface area (Å²) in [7, 11) is 1.70. The van der Waals surface area contributed by atoms with Crippen LogP contribution in [0.4, 0.5) is 5.13 Å². The van der Waals surface area contributed by atoms with Crippen LogP contribution in [-0.4, -0.2) is 30.2 Å². The predicted molar refractivity (Wildman–Crippen MR) is 78.2 cm³/mol. The van der Waals surface area contributed by atoms with E-state index >= 15 is 0 Å². The number of nitrogens with zero attached hydrogens (tertiary/aromatic N) is 5. The number of rotatable bonds is 3. The number of hydrogen-bond donors (Lipinski definition) is 1. The summed E-state index contributed by atoms with van der Waals surface area (Å²) < 4.78 is 2.76. The van der Waals surface area contributed by atoms with Crippen molar-refractivity contribution < 1.29 is 4.79 Å². The van der Waals surface area contributed by atoms with Crippen LogP contribution in [0, 0.1) is 6.92 Å². The number of anilines is 1. The van der Waals surface area contributed by atoms with Gasteiger partial charge in [-0.05, 0) is 6.92 Å². The second kappa shape index (κ2) is 5.09. The van der Waals surface area contributed by atoms with Gasteiger partial charge in [0, 0.05) is 12.4 Å². The van der Waals surface area contributed by atoms with E-state index < -0.39 is 0 Å². The lowest BCUT2D eigenvalue weighted by molar-refractivity contribution is -0.116. The first-order valence-corrected chi connectivity index (χ1v) is 7.01. The topological polar surface area (TPSA) is 94.7 Å². The molecule has 3 heterocycles. The van der Waals surface area contributed by atoms with Crippen molar-refractivity contribution in [3.8, 4) is 0 Å². The van der Waals surface area contributed by atoms with Crippen molar-refractivity contribution in [2.45, 2.75) is 13.5 Å². The minimum atomic E-state index is -0.323. The average Bonchev–Trinajstić information content (AvgIpc) is 3.00. The molecule has 3 rings (SSSR count). The van der Waals surface area contributed by atoms with Gasteiger partial charge >= 0.3 is 0 Å². The molecule has 3 aromatic heterocycles. The van der Waals surface area contributed by atoms with Gasteiger partial charge in [-0.25, -0.2) is 9.97 Å². The molecule has 1 amide bonds. The molecule has 0 unspecified atom stereocenters. The summed E-state index contributed by atoms with van der Waals surface area (Å²) in [6.07, 6.45) is 2.79. The summed E-state index contributed by atoms with van der Waals surface area (Å²) in [6.45, 7) is 1.73. The number of carbonyl (C=O) groups is 1. The van der Waals surface area contributed by atoms with Gasteiger partial charge in [-0.15, -0.1) is 11.3 Å². The highest BCUT2D eigenvalue weighted by Gasteiger charge is 2.11. The normalized spacial score (nSPS) is 11.0. The molecular weight excluding hydrogens is 292 g/mol. The Morgan fingerprint density at radius 2 is 2.29 bits per heavy atom. The summed E-state index contributed by atoms with van der Waals surface area (Å²) in [5, 5.41) is 9.37. The van der Waals surface area contributed by atoms with Crippen molar-refractivity contribution in [3.05, 3.63) is 34.0 Å². The SMILES string of the molecule is Cc1csc(NC(=O)Cn2cnc3c(cnn3C)c2=O)n1. The zero-order valence-electron chi connectivity index (χ0n) is 11.4. The lowest BCUT2D eigenvalue weighted by Gasteiger charge is -2.05. The molecule has 0 atom stereocenters. The lowest BCUT2D eigenvalue weighted by atomic mass is 10.4. The minimum Gasteiger partial charge on any atom is -0.300 e. The third-order valence-corrected chi connectivity index (χ3v) is 3.77. The van der Waals surface area contributed by atoms with Crippen LogP contribution < -0.4 is 10.9 Å². The monoisotopic (exact) mass is 304 g/mol. The quantitative estimate of drug-likeness (QED) is 0.762. The van der Waals surface area contributed by atoms with Gasteiger partial charge in [0.15, 0.2) is 10.8 Å². The Morgan fingerprint density at radius 3 is 3.00 bits per heavy atom. The molecule has 0 saturated heterocycles. The number of carbonyl (C=O) groups excluding carboxylic acids is 1. The van der Waals surface area contributed by atoms with Crippen molar-refractivity contribution in [1.29, 1.82) is 0 Å². The summed E-state index contributed by atoms with van der Waals surface area (Å²) in [4.78, 5) is 32.4. The van der Waals surface area contributed by atoms with Gasteiger partial charge in [0.1, 0.15) is 18.3 Å². The molecule has 3 aromatic rings. The van der Waals surface area contributed by atoms with Gasteiger partial charge in [-0.1, -0.05) is 0 Å². The summed E-state index contributed by atoms with van der Waals surface area (Å²) in [5.41, 5.74) is 1.04. The number of amides is 1. The Hall–Kier alpha value is -2.55. The van der Waals surface area contributed by atoms with Gasteiger partial charge < -0.3 is 5.32 Å². The third-order valence-electron chi connectivity index (χ3n) is 2.90. The summed E-state index contributed by atoms with van der Waals surface area (Å²) >= 11 is 1.34. The van der Waals surface area contributed by atoms with E-state index in [1.54, 1.807) is 7.05 Å². The van der Waals surface area contributed by atoms with Crippen molar-refractivity contribution in [3.63, 3.8) is 0 Å². The second-order valence-corrected chi connectivity index (χ2v) is 5.38. The Bertz CT molecular complexity index is 877. The Labute approximate surface area is 123 Å². The van der Waals surface area contributed by atoms with Gasteiger partial charge in [0.2, 0.25) is 5.91 Å². The maximum atomic E-state index is 12.2. The van der Waals surface area contributed by atoms with Crippen molar-refractivity contribution in [1.82, 2.24) is 24.3 Å². The van der Waals surface area contributed by atoms with Crippen LogP contribution >= 0.6 is 11.3 Å². The summed E-state index contributed by atoms with van der Waals surface area (Å²) in [5.74, 6) is -0.323. The molecule has 9 heteroatoms. The van der Waals surface area contributed by atoms with E-state index in [1.165, 1.54) is 33.1 Å². The highest BCUT2D eigenvalue weighted by molar-refractivity contribution is 7.13. The Balaban J connectivity index is 1.83. The van der Waals surface area contributed by atoms with Crippen molar-refractivity contribution in [2.75, 3.05) is 5.32 Å². The molecule has 8 nitrogen and oxygen atoms in total. The molecule has 0 aliphatic heterocycles. The van der Waals surface area contributed by atoms with E-state index in [4.69, 9.17) is 0 Å². The Morgan fingerprint density at radius 1 is 1.48 bits per heavy atom. The number of thiazole rings is 1. The van der Waals surface area contributed by atoms with Crippen LogP contribution in [0.25, 0.3) is 11.0 Å². The number of hydrogen-bond acceptors (Lipinski definition) is 6. The zero-order valence-corrected chi connectivity index (χ0v) is 12.2. The first-order chi connectivity index (χ1) is 10.0. The van der Waals surface area contributed by atoms with Crippen LogP contribution in [0.3, 0.4) is 0 Å². The molecule has 108 valence electrons. The lowest BCUT2D eigenvalue weighted by Crippen LogP contribution is -2.27. The van der Waals surface area contributed by atoms with Crippen LogP contribution in [0.5, 0.6) is 0 Å². The molecule has 0 spiro atoms. The number of fused-ring (bicyclic) bond motifs is 1. The smallest absolute Gasteiger partial charge is 0.264 e. The van der Waals surface area contributed by atoms with E-state index in [2.05, 4.69) is 20.4 Å². The molecule has 0 aliphatic rings. The van der Waals surface area contributed by atoms with Crippen molar-refractivity contribution in [2.24, 2.45) is 7.05 Å². The molecule has 0 aliphatic carbocycles. The van der Waals surface area contributed by atoms with E-state index in [0.717, 1.165) is 5.69 Å². The standard InChI is InChI=1S/C12H12N6O2S/c1-7-5-21-12(15-7)16-9(19)4-18-6-13-10-8(11(18)20)3-14-17(10)2/h3,5-6H,4H2,1-2H3,(H,15,16,19). The molecule has 1 N–H and O–H groups in total. The van der Waals surface area contributed by atoms with Crippen LogP contribution in [-0.2, 0) is 18.4 Å². The van der Waals surface area contributed by atoms with E-state index in [-0.39, 0.29) is 18.0 Å². The maximum absolute atomic E-state index is 12.2. The molecule has 0 aromatic carbocycles. The number of nitrogens with one attached hydrogen (secondary N) is 1. The fraction of sp³-hybridized carbons (Fsp3) is 0.250. The highest BCUT2D eigenvalue weighted by Crippen LogP contribution is 2.14. The van der Waals surface area contributed by atoms with Crippen molar-refractivity contribution >= 4 is 33.4 Å². The number of aromatic nitrogens is 5. The average molecular weight is 304 g/mol. The predicted octanol–water partition coefficient (Wildman–Crippen LogP) is 0.534. The van der Waals surface area contributed by atoms with Gasteiger partial charge in [-0.2, -0.15) is 5.10 Å². The van der Waals surface area contributed by atoms with Gasteiger partial charge in [0.05, 0.1) is 11.9 Å². The van der Waals surface area contributed by atoms with Crippen LogP contribution in [0.1, 0.15) is 5.69 Å². The maximum Gasteiger partial charge on any atom is 0.264 e.